The topological polar surface area (TPSA) is 29.5 Å². The number of amides is 1. The fourth-order valence-electron chi connectivity index (χ4n) is 2.78. The molecule has 2 aromatic carbocycles. The number of carbonyl (C=O) groups is 1. The van der Waals surface area contributed by atoms with Crippen LogP contribution in [0.15, 0.2) is 42.5 Å². The molecule has 3 rings (SSSR count). The van der Waals surface area contributed by atoms with Crippen molar-refractivity contribution in [2.75, 3.05) is 13.6 Å². The number of nitrogens with zero attached hydrogens (tertiary/aromatic N) is 1. The first-order chi connectivity index (χ1) is 11.0. The molecule has 5 heteroatoms. The van der Waals surface area contributed by atoms with Gasteiger partial charge in [0.05, 0.1) is 23.3 Å². The Morgan fingerprint density at radius 3 is 2.70 bits per heavy atom. The van der Waals surface area contributed by atoms with Crippen molar-refractivity contribution in [1.82, 2.24) is 4.90 Å². The van der Waals surface area contributed by atoms with Crippen LogP contribution in [0.25, 0.3) is 0 Å². The molecule has 0 bridgehead atoms. The molecule has 0 aromatic heterocycles. The second-order valence-electron chi connectivity index (χ2n) is 5.72. The average molecular weight is 350 g/mol. The number of hydrogen-bond donors (Lipinski definition) is 0. The van der Waals surface area contributed by atoms with Crippen molar-refractivity contribution < 1.29 is 9.53 Å². The summed E-state index contributed by atoms with van der Waals surface area (Å²) in [5.74, 6) is -0.130. The third kappa shape index (κ3) is 3.69. The predicted molar refractivity (Wildman–Crippen MR) is 92.1 cm³/mol. The van der Waals surface area contributed by atoms with Crippen LogP contribution in [0.4, 0.5) is 0 Å². The van der Waals surface area contributed by atoms with Gasteiger partial charge >= 0.3 is 0 Å². The Balaban J connectivity index is 1.67. The van der Waals surface area contributed by atoms with Gasteiger partial charge in [-0.3, -0.25) is 4.79 Å². The van der Waals surface area contributed by atoms with Crippen LogP contribution in [0.3, 0.4) is 0 Å². The van der Waals surface area contributed by atoms with Gasteiger partial charge in [0.1, 0.15) is 0 Å². The van der Waals surface area contributed by atoms with E-state index in [4.69, 9.17) is 27.9 Å². The zero-order chi connectivity index (χ0) is 16.4. The number of benzene rings is 2. The van der Waals surface area contributed by atoms with E-state index >= 15 is 0 Å². The minimum Gasteiger partial charge on any atom is -0.371 e. The van der Waals surface area contributed by atoms with E-state index in [1.807, 2.05) is 12.1 Å². The summed E-state index contributed by atoms with van der Waals surface area (Å²) in [7, 11) is 1.76. The maximum absolute atomic E-state index is 12.5. The Kier molecular flexibility index (Phi) is 4.90. The predicted octanol–water partition coefficient (Wildman–Crippen LogP) is 4.21. The van der Waals surface area contributed by atoms with E-state index in [-0.39, 0.29) is 12.0 Å². The first-order valence-corrected chi connectivity index (χ1v) is 8.19. The van der Waals surface area contributed by atoms with Crippen LogP contribution >= 0.6 is 23.2 Å². The van der Waals surface area contributed by atoms with Crippen molar-refractivity contribution in [3.63, 3.8) is 0 Å². The summed E-state index contributed by atoms with van der Waals surface area (Å²) in [6.45, 7) is 1.11. The van der Waals surface area contributed by atoms with Gasteiger partial charge in [0.15, 0.2) is 0 Å². The molecule has 0 radical (unpaired) electrons. The summed E-state index contributed by atoms with van der Waals surface area (Å²) in [6, 6.07) is 13.1. The van der Waals surface area contributed by atoms with E-state index in [1.165, 1.54) is 11.1 Å². The molecule has 0 fully saturated rings. The van der Waals surface area contributed by atoms with Crippen LogP contribution in [0.2, 0.25) is 10.0 Å². The molecule has 1 atom stereocenters. The van der Waals surface area contributed by atoms with Gasteiger partial charge < -0.3 is 9.64 Å². The second kappa shape index (κ2) is 6.91. The highest BCUT2D eigenvalue weighted by Crippen LogP contribution is 2.24. The van der Waals surface area contributed by atoms with Crippen molar-refractivity contribution in [2.45, 2.75) is 19.1 Å². The van der Waals surface area contributed by atoms with Gasteiger partial charge in [-0.05, 0) is 29.3 Å². The minimum absolute atomic E-state index is 0.00933. The summed E-state index contributed by atoms with van der Waals surface area (Å²) in [5, 5.41) is 0.880. The first-order valence-electron chi connectivity index (χ1n) is 7.43. The molecule has 0 saturated heterocycles. The minimum atomic E-state index is -0.130. The van der Waals surface area contributed by atoms with Crippen molar-refractivity contribution in [1.29, 1.82) is 0 Å². The highest BCUT2D eigenvalue weighted by atomic mass is 35.5. The lowest BCUT2D eigenvalue weighted by molar-refractivity contribution is 0.00985. The molecule has 0 N–H and O–H groups in total. The summed E-state index contributed by atoms with van der Waals surface area (Å²) in [6.07, 6.45) is 0.798. The molecule has 1 unspecified atom stereocenters. The Hall–Kier alpha value is -1.55. The van der Waals surface area contributed by atoms with Crippen molar-refractivity contribution in [2.24, 2.45) is 0 Å². The number of fused-ring (bicyclic) bond motifs is 1. The summed E-state index contributed by atoms with van der Waals surface area (Å²) < 4.78 is 5.86. The lowest BCUT2D eigenvalue weighted by atomic mass is 9.99. The highest BCUT2D eigenvalue weighted by molar-refractivity contribution is 6.36. The summed E-state index contributed by atoms with van der Waals surface area (Å²) in [5.41, 5.74) is 2.96. The monoisotopic (exact) mass is 349 g/mol. The summed E-state index contributed by atoms with van der Waals surface area (Å²) >= 11 is 12.0. The van der Waals surface area contributed by atoms with Crippen LogP contribution < -0.4 is 0 Å². The molecule has 1 heterocycles. The van der Waals surface area contributed by atoms with Crippen molar-refractivity contribution in [3.05, 3.63) is 69.2 Å². The summed E-state index contributed by atoms with van der Waals surface area (Å²) in [4.78, 5) is 14.2. The fraction of sp³-hybridized carbons (Fsp3) is 0.278. The number of ether oxygens (including phenoxy) is 1. The standard InChI is InChI=1S/C18H17Cl2NO2/c1-21(18(22)16-7-6-14(19)9-17(16)20)10-15-8-12-4-2-3-5-13(12)11-23-15/h2-7,9,15H,8,10-11H2,1H3. The van der Waals surface area contributed by atoms with Gasteiger partial charge in [0, 0.05) is 25.0 Å². The van der Waals surface area contributed by atoms with Gasteiger partial charge in [-0.25, -0.2) is 0 Å². The first kappa shape index (κ1) is 16.3. The highest BCUT2D eigenvalue weighted by Gasteiger charge is 2.23. The van der Waals surface area contributed by atoms with E-state index in [9.17, 15) is 4.79 Å². The molecule has 2 aromatic rings. The quantitative estimate of drug-likeness (QED) is 0.830. The molecule has 1 amide bonds. The number of rotatable bonds is 3. The molecule has 3 nitrogen and oxygen atoms in total. The lowest BCUT2D eigenvalue weighted by Gasteiger charge is -2.29. The van der Waals surface area contributed by atoms with Crippen LogP contribution in [0.5, 0.6) is 0 Å². The normalized spacial score (nSPS) is 16.7. The van der Waals surface area contributed by atoms with E-state index in [2.05, 4.69) is 12.1 Å². The Bertz CT molecular complexity index is 733. The SMILES string of the molecule is CN(CC1Cc2ccccc2CO1)C(=O)c1ccc(Cl)cc1Cl. The maximum atomic E-state index is 12.5. The van der Waals surface area contributed by atoms with Gasteiger partial charge in [0.2, 0.25) is 0 Å². The number of likely N-dealkylation sites (N-methyl/N-ethyl adjacent to an activating group) is 1. The Morgan fingerprint density at radius 1 is 1.22 bits per heavy atom. The molecule has 120 valence electrons. The van der Waals surface area contributed by atoms with E-state index in [0.29, 0.717) is 28.8 Å². The Labute approximate surface area is 145 Å². The average Bonchev–Trinajstić information content (AvgIpc) is 2.54. The molecule has 0 spiro atoms. The van der Waals surface area contributed by atoms with Gasteiger partial charge in [-0.1, -0.05) is 47.5 Å². The van der Waals surface area contributed by atoms with E-state index < -0.39 is 0 Å². The van der Waals surface area contributed by atoms with Gasteiger partial charge in [-0.15, -0.1) is 0 Å². The lowest BCUT2D eigenvalue weighted by Crippen LogP contribution is -2.38. The fourth-order valence-corrected chi connectivity index (χ4v) is 3.27. The van der Waals surface area contributed by atoms with E-state index in [1.54, 1.807) is 30.1 Å². The van der Waals surface area contributed by atoms with E-state index in [0.717, 1.165) is 6.42 Å². The van der Waals surface area contributed by atoms with Gasteiger partial charge in [0.25, 0.3) is 5.91 Å². The van der Waals surface area contributed by atoms with Crippen molar-refractivity contribution >= 4 is 29.1 Å². The molecular weight excluding hydrogens is 333 g/mol. The van der Waals surface area contributed by atoms with Crippen molar-refractivity contribution in [3.8, 4) is 0 Å². The zero-order valence-electron chi connectivity index (χ0n) is 12.8. The molecule has 1 aliphatic heterocycles. The van der Waals surface area contributed by atoms with Crippen LogP contribution in [0.1, 0.15) is 21.5 Å². The molecule has 1 aliphatic rings. The third-order valence-electron chi connectivity index (χ3n) is 4.03. The zero-order valence-corrected chi connectivity index (χ0v) is 14.3. The molecular formula is C18H17Cl2NO2. The maximum Gasteiger partial charge on any atom is 0.255 e. The molecule has 0 saturated carbocycles. The number of hydrogen-bond acceptors (Lipinski definition) is 2. The number of carbonyl (C=O) groups excluding carboxylic acids is 1. The van der Waals surface area contributed by atoms with Crippen LogP contribution in [-0.2, 0) is 17.8 Å². The molecule has 23 heavy (non-hydrogen) atoms. The Morgan fingerprint density at radius 2 is 1.96 bits per heavy atom. The second-order valence-corrected chi connectivity index (χ2v) is 6.56. The molecule has 0 aliphatic carbocycles. The van der Waals surface area contributed by atoms with Gasteiger partial charge in [-0.2, -0.15) is 0 Å². The van der Waals surface area contributed by atoms with Crippen LogP contribution in [-0.4, -0.2) is 30.5 Å². The largest absolute Gasteiger partial charge is 0.371 e. The number of halogens is 2. The van der Waals surface area contributed by atoms with Crippen LogP contribution in [0, 0.1) is 0 Å². The third-order valence-corrected chi connectivity index (χ3v) is 4.57. The smallest absolute Gasteiger partial charge is 0.255 e.